The van der Waals surface area contributed by atoms with Crippen LogP contribution in [0.15, 0.2) is 24.3 Å². The Hall–Kier alpha value is -1.30. The fourth-order valence-electron chi connectivity index (χ4n) is 3.47. The second kappa shape index (κ2) is 9.41. The summed E-state index contributed by atoms with van der Waals surface area (Å²) in [6.45, 7) is 2.18. The monoisotopic (exact) mass is 385 g/mol. The second-order valence-corrected chi connectivity index (χ2v) is 7.07. The molecule has 1 aromatic rings. The van der Waals surface area contributed by atoms with E-state index in [2.05, 4.69) is 10.6 Å². The molecule has 2 unspecified atom stereocenters. The molecule has 138 valence electrons. The Balaban J connectivity index is 0.00000225. The second-order valence-electron chi connectivity index (χ2n) is 6.63. The van der Waals surface area contributed by atoms with Gasteiger partial charge in [0.05, 0.1) is 0 Å². The summed E-state index contributed by atoms with van der Waals surface area (Å²) in [6, 6.07) is 7.84. The van der Waals surface area contributed by atoms with Crippen molar-refractivity contribution in [2.75, 3.05) is 19.6 Å². The molecule has 1 aromatic carbocycles. The van der Waals surface area contributed by atoms with Crippen LogP contribution in [0.5, 0.6) is 0 Å². The Morgan fingerprint density at radius 2 is 1.88 bits per heavy atom. The molecule has 2 bridgehead atoms. The fraction of sp³-hybridized carbons (Fsp3) is 0.556. The SMILES string of the molecule is Cl.O=C(NCCCC(=O)N1CCC2CCC(C1)N2)c1ccc(Cl)cc1. The smallest absolute Gasteiger partial charge is 0.251 e. The lowest BCUT2D eigenvalue weighted by Gasteiger charge is -2.24. The number of hydrogen-bond donors (Lipinski definition) is 2. The first-order valence-electron chi connectivity index (χ1n) is 8.69. The summed E-state index contributed by atoms with van der Waals surface area (Å²) in [4.78, 5) is 26.3. The van der Waals surface area contributed by atoms with Crippen LogP contribution in [-0.2, 0) is 4.79 Å². The van der Waals surface area contributed by atoms with E-state index in [1.165, 1.54) is 12.8 Å². The number of rotatable bonds is 5. The summed E-state index contributed by atoms with van der Waals surface area (Å²) in [7, 11) is 0. The third-order valence-corrected chi connectivity index (χ3v) is 5.09. The molecule has 2 heterocycles. The van der Waals surface area contributed by atoms with E-state index >= 15 is 0 Å². The number of halogens is 2. The number of hydrogen-bond acceptors (Lipinski definition) is 3. The number of likely N-dealkylation sites (tertiary alicyclic amines) is 1. The summed E-state index contributed by atoms with van der Waals surface area (Å²) in [5.74, 6) is 0.0699. The molecule has 0 saturated carbocycles. The largest absolute Gasteiger partial charge is 0.352 e. The van der Waals surface area contributed by atoms with Crippen molar-refractivity contribution in [2.24, 2.45) is 0 Å². The van der Waals surface area contributed by atoms with E-state index in [1.807, 2.05) is 4.90 Å². The Bertz CT molecular complexity index is 594. The predicted octanol–water partition coefficient (Wildman–Crippen LogP) is 2.62. The van der Waals surface area contributed by atoms with Gasteiger partial charge in [0.25, 0.3) is 5.91 Å². The van der Waals surface area contributed by atoms with Gasteiger partial charge in [-0.2, -0.15) is 0 Å². The first-order chi connectivity index (χ1) is 11.6. The highest BCUT2D eigenvalue weighted by Crippen LogP contribution is 2.20. The van der Waals surface area contributed by atoms with E-state index in [1.54, 1.807) is 24.3 Å². The molecule has 0 spiro atoms. The Kier molecular flexibility index (Phi) is 7.54. The summed E-state index contributed by atoms with van der Waals surface area (Å²) in [6.07, 6.45) is 4.61. The van der Waals surface area contributed by atoms with Gasteiger partial charge in [-0.3, -0.25) is 9.59 Å². The van der Waals surface area contributed by atoms with Gasteiger partial charge in [-0.25, -0.2) is 0 Å². The molecule has 2 fully saturated rings. The number of nitrogens with one attached hydrogen (secondary N) is 2. The summed E-state index contributed by atoms with van der Waals surface area (Å²) in [5, 5.41) is 7.04. The van der Waals surface area contributed by atoms with Crippen LogP contribution < -0.4 is 10.6 Å². The molecule has 2 amide bonds. The maximum Gasteiger partial charge on any atom is 0.251 e. The lowest BCUT2D eigenvalue weighted by molar-refractivity contribution is -0.131. The fourth-order valence-corrected chi connectivity index (χ4v) is 3.60. The van der Waals surface area contributed by atoms with Crippen LogP contribution in [0.1, 0.15) is 42.5 Å². The molecule has 2 aliphatic heterocycles. The molecule has 2 N–H and O–H groups in total. The van der Waals surface area contributed by atoms with Crippen molar-refractivity contribution in [1.29, 1.82) is 0 Å². The van der Waals surface area contributed by atoms with Crippen molar-refractivity contribution < 1.29 is 9.59 Å². The zero-order valence-corrected chi connectivity index (χ0v) is 15.7. The minimum atomic E-state index is -0.129. The van der Waals surface area contributed by atoms with E-state index in [4.69, 9.17) is 11.6 Å². The lowest BCUT2D eigenvalue weighted by atomic mass is 10.1. The van der Waals surface area contributed by atoms with E-state index < -0.39 is 0 Å². The molecular weight excluding hydrogens is 361 g/mol. The maximum absolute atomic E-state index is 12.4. The highest BCUT2D eigenvalue weighted by Gasteiger charge is 2.30. The van der Waals surface area contributed by atoms with Crippen LogP contribution >= 0.6 is 24.0 Å². The van der Waals surface area contributed by atoms with Gasteiger partial charge in [-0.1, -0.05) is 11.6 Å². The summed E-state index contributed by atoms with van der Waals surface area (Å²) < 4.78 is 0. The Morgan fingerprint density at radius 1 is 1.16 bits per heavy atom. The molecule has 7 heteroatoms. The predicted molar refractivity (Wildman–Crippen MR) is 101 cm³/mol. The van der Waals surface area contributed by atoms with Gasteiger partial charge in [0, 0.05) is 48.7 Å². The Labute approximate surface area is 159 Å². The van der Waals surface area contributed by atoms with Crippen LogP contribution in [0.25, 0.3) is 0 Å². The van der Waals surface area contributed by atoms with Crippen LogP contribution in [0.4, 0.5) is 0 Å². The number of carbonyl (C=O) groups is 2. The van der Waals surface area contributed by atoms with Gasteiger partial charge in [-0.15, -0.1) is 12.4 Å². The van der Waals surface area contributed by atoms with E-state index in [0.29, 0.717) is 42.1 Å². The topological polar surface area (TPSA) is 61.4 Å². The average Bonchev–Trinajstić information content (AvgIpc) is 2.90. The molecule has 25 heavy (non-hydrogen) atoms. The van der Waals surface area contributed by atoms with Gasteiger partial charge in [-0.05, 0) is 49.9 Å². The third-order valence-electron chi connectivity index (χ3n) is 4.84. The normalized spacial score (nSPS) is 22.0. The average molecular weight is 386 g/mol. The molecule has 2 aliphatic rings. The quantitative estimate of drug-likeness (QED) is 0.765. The van der Waals surface area contributed by atoms with Gasteiger partial charge in [0.1, 0.15) is 0 Å². The molecule has 2 atom stereocenters. The van der Waals surface area contributed by atoms with E-state index in [0.717, 1.165) is 19.5 Å². The highest BCUT2D eigenvalue weighted by molar-refractivity contribution is 6.30. The van der Waals surface area contributed by atoms with Crippen molar-refractivity contribution in [1.82, 2.24) is 15.5 Å². The zero-order chi connectivity index (χ0) is 16.9. The third kappa shape index (κ3) is 5.59. The molecular formula is C18H25Cl2N3O2. The van der Waals surface area contributed by atoms with Crippen molar-refractivity contribution in [3.63, 3.8) is 0 Å². The highest BCUT2D eigenvalue weighted by atomic mass is 35.5. The first-order valence-corrected chi connectivity index (χ1v) is 9.07. The molecule has 0 aliphatic carbocycles. The molecule has 5 nitrogen and oxygen atoms in total. The number of carbonyl (C=O) groups excluding carboxylic acids is 2. The minimum absolute atomic E-state index is 0. The summed E-state index contributed by atoms with van der Waals surface area (Å²) in [5.41, 5.74) is 0.584. The Morgan fingerprint density at radius 3 is 2.64 bits per heavy atom. The van der Waals surface area contributed by atoms with Gasteiger partial charge >= 0.3 is 0 Å². The molecule has 3 rings (SSSR count). The zero-order valence-electron chi connectivity index (χ0n) is 14.2. The van der Waals surface area contributed by atoms with Crippen molar-refractivity contribution in [2.45, 2.75) is 44.2 Å². The number of nitrogens with zero attached hydrogens (tertiary/aromatic N) is 1. The van der Waals surface area contributed by atoms with E-state index in [-0.39, 0.29) is 24.2 Å². The number of benzene rings is 1. The van der Waals surface area contributed by atoms with Crippen LogP contribution in [0.2, 0.25) is 5.02 Å². The van der Waals surface area contributed by atoms with Gasteiger partial charge in [0.15, 0.2) is 0 Å². The molecule has 2 saturated heterocycles. The van der Waals surface area contributed by atoms with E-state index in [9.17, 15) is 9.59 Å². The van der Waals surface area contributed by atoms with Crippen molar-refractivity contribution in [3.8, 4) is 0 Å². The molecule has 0 radical (unpaired) electrons. The van der Waals surface area contributed by atoms with Crippen molar-refractivity contribution in [3.05, 3.63) is 34.9 Å². The van der Waals surface area contributed by atoms with Crippen LogP contribution in [0, 0.1) is 0 Å². The minimum Gasteiger partial charge on any atom is -0.352 e. The van der Waals surface area contributed by atoms with Crippen LogP contribution in [0.3, 0.4) is 0 Å². The maximum atomic E-state index is 12.4. The molecule has 0 aromatic heterocycles. The number of fused-ring (bicyclic) bond motifs is 2. The number of amides is 2. The van der Waals surface area contributed by atoms with Gasteiger partial charge < -0.3 is 15.5 Å². The van der Waals surface area contributed by atoms with Crippen LogP contribution in [-0.4, -0.2) is 48.4 Å². The standard InChI is InChI=1S/C18H24ClN3O2.ClH/c19-14-5-3-13(4-6-14)18(24)20-10-1-2-17(23)22-11-9-15-7-8-16(12-22)21-15;/h3-6,15-16,21H,1-2,7-12H2,(H,20,24);1H. The van der Waals surface area contributed by atoms with Crippen molar-refractivity contribution >= 4 is 35.8 Å². The first kappa shape index (κ1) is 20.0. The van der Waals surface area contributed by atoms with Gasteiger partial charge in [0.2, 0.25) is 5.91 Å². The summed E-state index contributed by atoms with van der Waals surface area (Å²) >= 11 is 5.81. The lowest BCUT2D eigenvalue weighted by Crippen LogP contribution is -2.39.